The quantitative estimate of drug-likeness (QED) is 0.780. The van der Waals surface area contributed by atoms with Crippen molar-refractivity contribution in [2.24, 2.45) is 5.92 Å². The van der Waals surface area contributed by atoms with Gasteiger partial charge >= 0.3 is 0 Å². The highest BCUT2D eigenvalue weighted by Gasteiger charge is 2.27. The summed E-state index contributed by atoms with van der Waals surface area (Å²) in [4.78, 5) is 12.8. The summed E-state index contributed by atoms with van der Waals surface area (Å²) < 4.78 is 49.7. The fourth-order valence-corrected chi connectivity index (χ4v) is 3.17. The summed E-state index contributed by atoms with van der Waals surface area (Å²) in [6.07, 6.45) is 1.57. The first-order valence-electron chi connectivity index (χ1n) is 6.43. The molecule has 21 heavy (non-hydrogen) atoms. The van der Waals surface area contributed by atoms with Crippen LogP contribution in [0, 0.1) is 17.6 Å². The Hall–Kier alpha value is -1.21. The molecule has 0 aliphatic carbocycles. The van der Waals surface area contributed by atoms with Crippen molar-refractivity contribution in [3.63, 3.8) is 0 Å². The molecule has 0 N–H and O–H groups in total. The van der Waals surface area contributed by atoms with Crippen molar-refractivity contribution in [1.29, 1.82) is 0 Å². The van der Waals surface area contributed by atoms with Gasteiger partial charge in [-0.3, -0.25) is 4.79 Å². The zero-order valence-corrected chi connectivity index (χ0v) is 12.8. The number of likely N-dealkylation sites (tertiary alicyclic amines) is 1. The molecule has 116 valence electrons. The van der Waals surface area contributed by atoms with Crippen LogP contribution in [-0.2, 0) is 9.05 Å². The van der Waals surface area contributed by atoms with E-state index in [-0.39, 0.29) is 0 Å². The van der Waals surface area contributed by atoms with Crippen molar-refractivity contribution in [1.82, 2.24) is 4.90 Å². The predicted molar refractivity (Wildman–Crippen MR) is 73.7 cm³/mol. The van der Waals surface area contributed by atoms with Crippen LogP contribution in [0.4, 0.5) is 8.78 Å². The molecule has 1 aliphatic heterocycles. The first kappa shape index (κ1) is 16.2. The van der Waals surface area contributed by atoms with Crippen LogP contribution in [0.15, 0.2) is 17.0 Å². The highest BCUT2D eigenvalue weighted by molar-refractivity contribution is 8.13. The molecular formula is C13H14ClF2NO3S. The molecule has 2 rings (SSSR count). The summed E-state index contributed by atoms with van der Waals surface area (Å²) in [7, 11) is 0.697. The van der Waals surface area contributed by atoms with Gasteiger partial charge in [-0.25, -0.2) is 17.2 Å². The summed E-state index contributed by atoms with van der Waals surface area (Å²) in [6, 6.07) is 1.03. The van der Waals surface area contributed by atoms with E-state index in [1.165, 1.54) is 4.90 Å². The van der Waals surface area contributed by atoms with Gasteiger partial charge < -0.3 is 4.90 Å². The number of amides is 1. The second kappa shape index (κ2) is 5.88. The first-order valence-corrected chi connectivity index (χ1v) is 8.74. The Morgan fingerprint density at radius 3 is 2.33 bits per heavy atom. The van der Waals surface area contributed by atoms with Gasteiger partial charge in [0.1, 0.15) is 16.5 Å². The van der Waals surface area contributed by atoms with Crippen molar-refractivity contribution < 1.29 is 22.0 Å². The van der Waals surface area contributed by atoms with Crippen LogP contribution in [0.5, 0.6) is 0 Å². The molecule has 1 aromatic carbocycles. The molecule has 8 heteroatoms. The maximum Gasteiger partial charge on any atom is 0.264 e. The molecule has 0 atom stereocenters. The van der Waals surface area contributed by atoms with Crippen molar-refractivity contribution >= 4 is 25.6 Å². The minimum Gasteiger partial charge on any atom is -0.339 e. The maximum absolute atomic E-state index is 13.8. The van der Waals surface area contributed by atoms with Gasteiger partial charge in [-0.05, 0) is 24.8 Å². The molecule has 4 nitrogen and oxygen atoms in total. The molecule has 0 radical (unpaired) electrons. The Labute approximate surface area is 126 Å². The summed E-state index contributed by atoms with van der Waals surface area (Å²) in [5, 5.41) is 0. The Morgan fingerprint density at radius 1 is 1.24 bits per heavy atom. The van der Waals surface area contributed by atoms with E-state index in [1.54, 1.807) is 0 Å². The van der Waals surface area contributed by atoms with Crippen LogP contribution < -0.4 is 0 Å². The molecule has 1 fully saturated rings. The van der Waals surface area contributed by atoms with Crippen LogP contribution in [0.1, 0.15) is 30.1 Å². The molecule has 1 heterocycles. The van der Waals surface area contributed by atoms with Gasteiger partial charge in [-0.1, -0.05) is 6.92 Å². The minimum absolute atomic E-state index is 0.370. The molecule has 0 bridgehead atoms. The minimum atomic E-state index is -4.39. The number of hydrogen-bond acceptors (Lipinski definition) is 3. The van der Waals surface area contributed by atoms with E-state index in [4.69, 9.17) is 10.7 Å². The van der Waals surface area contributed by atoms with E-state index in [1.807, 2.05) is 0 Å². The Morgan fingerprint density at radius 2 is 1.81 bits per heavy atom. The molecule has 0 saturated carbocycles. The highest BCUT2D eigenvalue weighted by Crippen LogP contribution is 2.25. The molecule has 0 unspecified atom stereocenters. The van der Waals surface area contributed by atoms with E-state index in [2.05, 4.69) is 6.92 Å². The van der Waals surface area contributed by atoms with E-state index in [9.17, 15) is 22.0 Å². The number of nitrogens with zero attached hydrogens (tertiary/aromatic N) is 1. The lowest BCUT2D eigenvalue weighted by Gasteiger charge is -2.30. The summed E-state index contributed by atoms with van der Waals surface area (Å²) in [5.74, 6) is -2.58. The third-order valence-electron chi connectivity index (χ3n) is 3.59. The van der Waals surface area contributed by atoms with Crippen LogP contribution >= 0.6 is 10.7 Å². The summed E-state index contributed by atoms with van der Waals surface area (Å²) >= 11 is 0. The van der Waals surface area contributed by atoms with Gasteiger partial charge in [0.2, 0.25) is 0 Å². The lowest BCUT2D eigenvalue weighted by molar-refractivity contribution is 0.0692. The molecule has 1 amide bonds. The number of halogens is 3. The zero-order chi connectivity index (χ0) is 15.8. The lowest BCUT2D eigenvalue weighted by Crippen LogP contribution is -2.38. The van der Waals surface area contributed by atoms with E-state index < -0.39 is 37.1 Å². The van der Waals surface area contributed by atoms with E-state index in [0.29, 0.717) is 31.1 Å². The van der Waals surface area contributed by atoms with Crippen molar-refractivity contribution in [3.05, 3.63) is 29.3 Å². The summed E-state index contributed by atoms with van der Waals surface area (Å²) in [5.41, 5.74) is -0.481. The molecule has 0 aromatic heterocycles. The number of benzene rings is 1. The van der Waals surface area contributed by atoms with Gasteiger partial charge in [0.25, 0.3) is 15.0 Å². The van der Waals surface area contributed by atoms with Crippen molar-refractivity contribution in [2.45, 2.75) is 24.7 Å². The van der Waals surface area contributed by atoms with Gasteiger partial charge in [-0.2, -0.15) is 0 Å². The number of rotatable bonds is 2. The van der Waals surface area contributed by atoms with E-state index >= 15 is 0 Å². The Bertz CT molecular complexity index is 670. The largest absolute Gasteiger partial charge is 0.339 e. The van der Waals surface area contributed by atoms with Gasteiger partial charge in [-0.15, -0.1) is 0 Å². The number of carbonyl (C=O) groups is 1. The van der Waals surface area contributed by atoms with Gasteiger partial charge in [0, 0.05) is 29.8 Å². The fraction of sp³-hybridized carbons (Fsp3) is 0.462. The monoisotopic (exact) mass is 337 g/mol. The molecule has 0 spiro atoms. The average molecular weight is 338 g/mol. The number of carbonyl (C=O) groups excluding carboxylic acids is 1. The van der Waals surface area contributed by atoms with Crippen molar-refractivity contribution in [3.8, 4) is 0 Å². The highest BCUT2D eigenvalue weighted by atomic mass is 35.7. The third kappa shape index (κ3) is 3.52. The average Bonchev–Trinajstić information content (AvgIpc) is 2.37. The second-order valence-electron chi connectivity index (χ2n) is 5.18. The Balaban J connectivity index is 2.37. The second-order valence-corrected chi connectivity index (χ2v) is 7.71. The molecule has 1 aromatic rings. The SMILES string of the molecule is CC1CCN(C(=O)c2cc(S(=O)(=O)Cl)c(F)cc2F)CC1. The zero-order valence-electron chi connectivity index (χ0n) is 11.3. The normalized spacial score (nSPS) is 17.0. The molecule has 1 aliphatic rings. The number of piperidine rings is 1. The van der Waals surface area contributed by atoms with Crippen molar-refractivity contribution in [2.75, 3.05) is 13.1 Å². The molecule has 1 saturated heterocycles. The van der Waals surface area contributed by atoms with E-state index in [0.717, 1.165) is 12.8 Å². The smallest absolute Gasteiger partial charge is 0.264 e. The Kier molecular flexibility index (Phi) is 4.53. The van der Waals surface area contributed by atoms with Crippen LogP contribution in [0.2, 0.25) is 0 Å². The number of hydrogen-bond donors (Lipinski definition) is 0. The van der Waals surface area contributed by atoms with Gasteiger partial charge in [0.05, 0.1) is 5.56 Å². The molecular weight excluding hydrogens is 324 g/mol. The van der Waals surface area contributed by atoms with Crippen LogP contribution in [0.3, 0.4) is 0 Å². The van der Waals surface area contributed by atoms with Crippen LogP contribution in [-0.4, -0.2) is 32.3 Å². The van der Waals surface area contributed by atoms with Gasteiger partial charge in [0.15, 0.2) is 0 Å². The third-order valence-corrected chi connectivity index (χ3v) is 4.92. The lowest BCUT2D eigenvalue weighted by atomic mass is 9.98. The first-order chi connectivity index (χ1) is 9.70. The predicted octanol–water partition coefficient (Wildman–Crippen LogP) is 2.76. The maximum atomic E-state index is 13.8. The standard InChI is InChI=1S/C13H14ClF2NO3S/c1-8-2-4-17(5-3-8)13(18)9-6-12(21(14,19)20)11(16)7-10(9)15/h6-8H,2-5H2,1H3. The topological polar surface area (TPSA) is 54.5 Å². The van der Waals surface area contributed by atoms with Crippen LogP contribution in [0.25, 0.3) is 0 Å². The summed E-state index contributed by atoms with van der Waals surface area (Å²) in [6.45, 7) is 2.97. The fourth-order valence-electron chi connectivity index (χ4n) is 2.26.